The number of rotatable bonds is 6. The minimum atomic E-state index is -0.373. The lowest BCUT2D eigenvalue weighted by Gasteiger charge is -2.11. The molecule has 0 bridgehead atoms. The van der Waals surface area contributed by atoms with Crippen LogP contribution < -0.4 is 20.1 Å². The Labute approximate surface area is 178 Å². The smallest absolute Gasteiger partial charge is 0.323 e. The van der Waals surface area contributed by atoms with Crippen molar-refractivity contribution in [2.45, 2.75) is 20.6 Å². The molecule has 152 valence electrons. The molecule has 0 aliphatic rings. The van der Waals surface area contributed by atoms with Crippen LogP contribution in [-0.2, 0) is 6.73 Å². The van der Waals surface area contributed by atoms with Crippen molar-refractivity contribution in [3.8, 4) is 11.5 Å². The molecule has 1 aromatic heterocycles. The molecule has 2 N–H and O–H groups in total. The Morgan fingerprint density at radius 3 is 2.48 bits per heavy atom. The fourth-order valence-corrected chi connectivity index (χ4v) is 3.14. The second-order valence-electron chi connectivity index (χ2n) is 6.20. The number of urea groups is 1. The van der Waals surface area contributed by atoms with Crippen molar-refractivity contribution in [2.75, 3.05) is 17.7 Å². The Bertz CT molecular complexity index is 1020. The Kier molecular flexibility index (Phi) is 6.51. The maximum atomic E-state index is 12.4. The zero-order valence-electron chi connectivity index (χ0n) is 16.1. The van der Waals surface area contributed by atoms with Crippen LogP contribution in [0.1, 0.15) is 11.4 Å². The van der Waals surface area contributed by atoms with Gasteiger partial charge in [-0.15, -0.1) is 0 Å². The number of halogens is 2. The number of hydrogen-bond donors (Lipinski definition) is 2. The summed E-state index contributed by atoms with van der Waals surface area (Å²) in [4.78, 5) is 12.4. The van der Waals surface area contributed by atoms with E-state index in [1.165, 1.54) is 0 Å². The number of methoxy groups -OCH3 is 1. The summed E-state index contributed by atoms with van der Waals surface area (Å²) >= 11 is 12.0. The van der Waals surface area contributed by atoms with E-state index in [1.807, 2.05) is 13.8 Å². The van der Waals surface area contributed by atoms with E-state index in [0.717, 1.165) is 5.69 Å². The second kappa shape index (κ2) is 9.07. The molecular weight excluding hydrogens is 415 g/mol. The lowest BCUT2D eigenvalue weighted by Crippen LogP contribution is -2.20. The molecule has 0 saturated carbocycles. The summed E-state index contributed by atoms with van der Waals surface area (Å²) in [5.74, 6) is 1.21. The van der Waals surface area contributed by atoms with Gasteiger partial charge in [0.1, 0.15) is 11.5 Å². The van der Waals surface area contributed by atoms with Crippen LogP contribution in [0.4, 0.5) is 16.2 Å². The highest BCUT2D eigenvalue weighted by atomic mass is 35.5. The Morgan fingerprint density at radius 1 is 1.10 bits per heavy atom. The van der Waals surface area contributed by atoms with Gasteiger partial charge < -0.3 is 20.1 Å². The van der Waals surface area contributed by atoms with Crippen molar-refractivity contribution in [1.82, 2.24) is 9.78 Å². The fraction of sp³-hybridized carbons (Fsp3) is 0.200. The van der Waals surface area contributed by atoms with Gasteiger partial charge in [0.25, 0.3) is 0 Å². The van der Waals surface area contributed by atoms with Gasteiger partial charge >= 0.3 is 6.03 Å². The number of aryl methyl sites for hydroxylation is 1. The molecule has 29 heavy (non-hydrogen) atoms. The fourth-order valence-electron chi connectivity index (χ4n) is 2.68. The van der Waals surface area contributed by atoms with Gasteiger partial charge in [-0.1, -0.05) is 23.2 Å². The number of benzene rings is 2. The molecule has 2 amide bonds. The van der Waals surface area contributed by atoms with E-state index < -0.39 is 0 Å². The second-order valence-corrected chi connectivity index (χ2v) is 7.04. The summed E-state index contributed by atoms with van der Waals surface area (Å²) in [5.41, 5.74) is 2.67. The number of carbonyl (C=O) groups excluding carboxylic acids is 1. The molecule has 0 aliphatic heterocycles. The van der Waals surface area contributed by atoms with Crippen LogP contribution in [0, 0.1) is 13.8 Å². The molecule has 3 aromatic rings. The summed E-state index contributed by atoms with van der Waals surface area (Å²) in [6.45, 7) is 3.79. The minimum absolute atomic E-state index is 0.135. The third-order valence-electron chi connectivity index (χ3n) is 4.20. The van der Waals surface area contributed by atoms with E-state index in [9.17, 15) is 4.79 Å². The molecule has 3 rings (SSSR count). The molecule has 0 atom stereocenters. The molecule has 0 fully saturated rings. The van der Waals surface area contributed by atoms with Gasteiger partial charge in [-0.05, 0) is 56.3 Å². The molecule has 0 aliphatic carbocycles. The van der Waals surface area contributed by atoms with Crippen LogP contribution in [-0.4, -0.2) is 22.9 Å². The van der Waals surface area contributed by atoms with E-state index in [4.69, 9.17) is 32.7 Å². The van der Waals surface area contributed by atoms with E-state index in [-0.39, 0.29) is 12.8 Å². The first-order valence-electron chi connectivity index (χ1n) is 8.71. The number of anilines is 2. The first-order chi connectivity index (χ1) is 13.9. The number of carbonyl (C=O) groups is 1. The van der Waals surface area contributed by atoms with Gasteiger partial charge in [0, 0.05) is 10.7 Å². The molecule has 0 saturated heterocycles. The number of nitrogens with one attached hydrogen (secondary N) is 2. The van der Waals surface area contributed by atoms with E-state index in [1.54, 1.807) is 54.3 Å². The lowest BCUT2D eigenvalue weighted by molar-refractivity contribution is 0.218. The average Bonchev–Trinajstić information content (AvgIpc) is 2.95. The largest absolute Gasteiger partial charge is 0.497 e. The van der Waals surface area contributed by atoms with Crippen LogP contribution in [0.5, 0.6) is 11.5 Å². The Morgan fingerprint density at radius 2 is 1.83 bits per heavy atom. The van der Waals surface area contributed by atoms with Crippen LogP contribution >= 0.6 is 23.2 Å². The topological polar surface area (TPSA) is 77.4 Å². The van der Waals surface area contributed by atoms with Gasteiger partial charge in [0.2, 0.25) is 0 Å². The van der Waals surface area contributed by atoms with Crippen molar-refractivity contribution < 1.29 is 14.3 Å². The highest BCUT2D eigenvalue weighted by molar-refractivity contribution is 6.35. The molecule has 0 unspecified atom stereocenters. The summed E-state index contributed by atoms with van der Waals surface area (Å²) in [6, 6.07) is 11.7. The van der Waals surface area contributed by atoms with Gasteiger partial charge in [0.15, 0.2) is 6.73 Å². The number of nitrogens with zero attached hydrogens (tertiary/aromatic N) is 2. The van der Waals surface area contributed by atoms with Gasteiger partial charge in [-0.2, -0.15) is 5.10 Å². The minimum Gasteiger partial charge on any atom is -0.497 e. The van der Waals surface area contributed by atoms with Crippen molar-refractivity contribution >= 4 is 40.6 Å². The van der Waals surface area contributed by atoms with Crippen LogP contribution in [0.15, 0.2) is 42.5 Å². The van der Waals surface area contributed by atoms with Gasteiger partial charge in [0.05, 0.1) is 29.2 Å². The molecular formula is C20H20Cl2N4O3. The zero-order valence-corrected chi connectivity index (χ0v) is 17.6. The molecule has 0 radical (unpaired) electrons. The highest BCUT2D eigenvalue weighted by Gasteiger charge is 2.15. The van der Waals surface area contributed by atoms with E-state index >= 15 is 0 Å². The third-order valence-corrected chi connectivity index (χ3v) is 4.73. The molecule has 2 aromatic carbocycles. The molecule has 7 nitrogen and oxygen atoms in total. The summed E-state index contributed by atoms with van der Waals surface area (Å²) in [7, 11) is 1.59. The number of aromatic nitrogens is 2. The first kappa shape index (κ1) is 20.8. The van der Waals surface area contributed by atoms with Crippen LogP contribution in [0.2, 0.25) is 10.0 Å². The van der Waals surface area contributed by atoms with Crippen LogP contribution in [0.3, 0.4) is 0 Å². The SMILES string of the molecule is COc1ccc(NC(=O)Nc2c(C)nn(COc3ccc(Cl)cc3Cl)c2C)cc1. The van der Waals surface area contributed by atoms with Crippen molar-refractivity contribution in [1.29, 1.82) is 0 Å². The average molecular weight is 435 g/mol. The normalized spacial score (nSPS) is 10.5. The summed E-state index contributed by atoms with van der Waals surface area (Å²) < 4.78 is 12.5. The Hall–Kier alpha value is -2.90. The Balaban J connectivity index is 1.65. The predicted octanol–water partition coefficient (Wildman–Crippen LogP) is 5.50. The lowest BCUT2D eigenvalue weighted by atomic mass is 10.3. The molecule has 1 heterocycles. The highest BCUT2D eigenvalue weighted by Crippen LogP contribution is 2.28. The standard InChI is InChI=1S/C20H20Cl2N4O3/c1-12-19(24-20(27)23-15-5-7-16(28-3)8-6-15)13(2)26(25-12)11-29-18-9-4-14(21)10-17(18)22/h4-10H,11H2,1-3H3,(H2,23,24,27). The summed E-state index contributed by atoms with van der Waals surface area (Å²) in [5, 5.41) is 11.0. The molecule has 0 spiro atoms. The zero-order chi connectivity index (χ0) is 21.0. The predicted molar refractivity (Wildman–Crippen MR) is 114 cm³/mol. The van der Waals surface area contributed by atoms with E-state index in [2.05, 4.69) is 15.7 Å². The number of ether oxygens (including phenoxy) is 2. The maximum Gasteiger partial charge on any atom is 0.323 e. The van der Waals surface area contributed by atoms with Crippen LogP contribution in [0.25, 0.3) is 0 Å². The van der Waals surface area contributed by atoms with Crippen molar-refractivity contribution in [2.24, 2.45) is 0 Å². The summed E-state index contributed by atoms with van der Waals surface area (Å²) in [6.07, 6.45) is 0. The van der Waals surface area contributed by atoms with Gasteiger partial charge in [-0.3, -0.25) is 0 Å². The maximum absolute atomic E-state index is 12.4. The van der Waals surface area contributed by atoms with E-state index in [0.29, 0.717) is 38.6 Å². The monoisotopic (exact) mass is 434 g/mol. The van der Waals surface area contributed by atoms with Gasteiger partial charge in [-0.25, -0.2) is 9.48 Å². The quantitative estimate of drug-likeness (QED) is 0.536. The third kappa shape index (κ3) is 5.13. The first-order valence-corrected chi connectivity index (χ1v) is 9.47. The van der Waals surface area contributed by atoms with Crippen molar-refractivity contribution in [3.63, 3.8) is 0 Å². The number of hydrogen-bond acceptors (Lipinski definition) is 4. The van der Waals surface area contributed by atoms with Crippen molar-refractivity contribution in [3.05, 3.63) is 63.9 Å². The molecule has 9 heteroatoms. The number of amides is 2.